The third-order valence-electron chi connectivity index (χ3n) is 4.72. The lowest BCUT2D eigenvalue weighted by Crippen LogP contribution is -2.43. The number of hydrazine groups is 1. The molecular formula is C21H18ClFN4O2S. The van der Waals surface area contributed by atoms with Crippen molar-refractivity contribution in [2.75, 3.05) is 5.75 Å². The number of halogens is 2. The van der Waals surface area contributed by atoms with E-state index in [-0.39, 0.29) is 23.2 Å². The predicted molar refractivity (Wildman–Crippen MR) is 113 cm³/mol. The van der Waals surface area contributed by atoms with Crippen molar-refractivity contribution in [2.24, 2.45) is 0 Å². The van der Waals surface area contributed by atoms with Crippen LogP contribution in [0.2, 0.25) is 5.02 Å². The van der Waals surface area contributed by atoms with Gasteiger partial charge in [-0.15, -0.1) is 11.8 Å². The molecular weight excluding hydrogens is 427 g/mol. The number of amides is 2. The van der Waals surface area contributed by atoms with Crippen LogP contribution in [0, 0.1) is 5.82 Å². The van der Waals surface area contributed by atoms with E-state index in [0.29, 0.717) is 10.7 Å². The van der Waals surface area contributed by atoms with Crippen LogP contribution in [-0.2, 0) is 17.6 Å². The van der Waals surface area contributed by atoms with Gasteiger partial charge in [0.25, 0.3) is 5.91 Å². The molecule has 2 amide bonds. The van der Waals surface area contributed by atoms with Crippen LogP contribution in [0.1, 0.15) is 28.2 Å². The highest BCUT2D eigenvalue weighted by molar-refractivity contribution is 8.00. The van der Waals surface area contributed by atoms with E-state index in [1.165, 1.54) is 23.9 Å². The fraction of sp³-hybridized carbons (Fsp3) is 0.190. The molecule has 0 spiro atoms. The van der Waals surface area contributed by atoms with Crippen LogP contribution in [-0.4, -0.2) is 27.3 Å². The maximum absolute atomic E-state index is 13.2. The Morgan fingerprint density at radius 2 is 1.80 bits per heavy atom. The molecule has 6 nitrogen and oxygen atoms in total. The minimum atomic E-state index is -0.473. The van der Waals surface area contributed by atoms with Crippen molar-refractivity contribution in [2.45, 2.75) is 24.2 Å². The molecule has 0 atom stereocenters. The Morgan fingerprint density at radius 3 is 2.53 bits per heavy atom. The number of hydrogen-bond donors (Lipinski definition) is 2. The van der Waals surface area contributed by atoms with Crippen molar-refractivity contribution in [1.82, 2.24) is 20.6 Å². The summed E-state index contributed by atoms with van der Waals surface area (Å²) in [5.41, 5.74) is 7.64. The summed E-state index contributed by atoms with van der Waals surface area (Å²) in [5.74, 6) is -0.999. The van der Waals surface area contributed by atoms with Gasteiger partial charge in [-0.3, -0.25) is 20.4 Å². The van der Waals surface area contributed by atoms with E-state index in [9.17, 15) is 14.0 Å². The molecule has 1 aliphatic rings. The molecule has 154 valence electrons. The van der Waals surface area contributed by atoms with Crippen LogP contribution in [0.3, 0.4) is 0 Å². The topological polar surface area (TPSA) is 76.0 Å². The van der Waals surface area contributed by atoms with E-state index in [4.69, 9.17) is 11.6 Å². The summed E-state index contributed by atoms with van der Waals surface area (Å²) in [7, 11) is 0. The van der Waals surface area contributed by atoms with Gasteiger partial charge in [0, 0.05) is 21.2 Å². The summed E-state index contributed by atoms with van der Waals surface area (Å²) < 4.78 is 14.9. The summed E-state index contributed by atoms with van der Waals surface area (Å²) in [5, 5.41) is 5.05. The molecule has 1 aromatic heterocycles. The molecule has 1 heterocycles. The Hall–Kier alpha value is -2.84. The van der Waals surface area contributed by atoms with Crippen LogP contribution in [0.15, 0.2) is 53.4 Å². The molecule has 0 aliphatic heterocycles. The Morgan fingerprint density at radius 1 is 1.07 bits per heavy atom. The van der Waals surface area contributed by atoms with Gasteiger partial charge in [0.15, 0.2) is 5.69 Å². The van der Waals surface area contributed by atoms with Crippen molar-refractivity contribution in [1.29, 1.82) is 0 Å². The Bertz CT molecular complexity index is 1080. The monoisotopic (exact) mass is 444 g/mol. The van der Waals surface area contributed by atoms with Crippen LogP contribution in [0.25, 0.3) is 5.69 Å². The minimum Gasteiger partial charge on any atom is -0.272 e. The van der Waals surface area contributed by atoms with Crippen LogP contribution >= 0.6 is 23.4 Å². The Kier molecular flexibility index (Phi) is 6.06. The summed E-state index contributed by atoms with van der Waals surface area (Å²) in [6, 6.07) is 13.1. The molecule has 4 rings (SSSR count). The molecule has 1 aliphatic carbocycles. The number of thioether (sulfide) groups is 1. The number of nitrogens with one attached hydrogen (secondary N) is 2. The first-order chi connectivity index (χ1) is 14.5. The van der Waals surface area contributed by atoms with Crippen molar-refractivity contribution >= 4 is 35.2 Å². The van der Waals surface area contributed by atoms with Crippen molar-refractivity contribution in [3.8, 4) is 5.69 Å². The normalized spacial score (nSPS) is 12.5. The highest BCUT2D eigenvalue weighted by Crippen LogP contribution is 2.28. The summed E-state index contributed by atoms with van der Waals surface area (Å²) in [4.78, 5) is 25.6. The number of carbonyl (C=O) groups is 2. The fourth-order valence-corrected chi connectivity index (χ4v) is 4.14. The molecule has 2 N–H and O–H groups in total. The molecule has 0 unspecified atom stereocenters. The first kappa shape index (κ1) is 20.4. The maximum Gasteiger partial charge on any atom is 0.290 e. The number of rotatable bonds is 5. The SMILES string of the molecule is O=C(CSc1ccc(Cl)cc1)NNC(=O)c1nn(-c2ccc(F)cc2)c2c1CCC2. The second kappa shape index (κ2) is 8.89. The summed E-state index contributed by atoms with van der Waals surface area (Å²) in [6.45, 7) is 0. The third-order valence-corrected chi connectivity index (χ3v) is 5.98. The van der Waals surface area contributed by atoms with E-state index in [0.717, 1.165) is 35.4 Å². The minimum absolute atomic E-state index is 0.143. The molecule has 30 heavy (non-hydrogen) atoms. The highest BCUT2D eigenvalue weighted by atomic mass is 35.5. The average molecular weight is 445 g/mol. The standard InChI is InChI=1S/C21H18ClFN4O2S/c22-13-4-10-16(11-5-13)30-12-19(28)24-25-21(29)20-17-2-1-3-18(17)27(26-20)15-8-6-14(23)7-9-15/h4-11H,1-3,12H2,(H,24,28)(H,25,29). The van der Waals surface area contributed by atoms with Gasteiger partial charge >= 0.3 is 0 Å². The van der Waals surface area contributed by atoms with E-state index in [2.05, 4.69) is 16.0 Å². The zero-order valence-electron chi connectivity index (χ0n) is 15.8. The first-order valence-corrected chi connectivity index (χ1v) is 10.7. The van der Waals surface area contributed by atoms with E-state index < -0.39 is 5.91 Å². The van der Waals surface area contributed by atoms with Crippen LogP contribution in [0.4, 0.5) is 4.39 Å². The molecule has 0 bridgehead atoms. The van der Waals surface area contributed by atoms with Crippen molar-refractivity contribution < 1.29 is 14.0 Å². The molecule has 0 radical (unpaired) electrons. The smallest absolute Gasteiger partial charge is 0.272 e. The molecule has 0 saturated heterocycles. The number of benzene rings is 2. The fourth-order valence-electron chi connectivity index (χ4n) is 3.32. The quantitative estimate of drug-likeness (QED) is 0.464. The van der Waals surface area contributed by atoms with Gasteiger partial charge < -0.3 is 0 Å². The van der Waals surface area contributed by atoms with Gasteiger partial charge in [-0.2, -0.15) is 5.10 Å². The van der Waals surface area contributed by atoms with Crippen LogP contribution in [0.5, 0.6) is 0 Å². The number of carbonyl (C=O) groups excluding carboxylic acids is 2. The Labute approximate surface area is 181 Å². The van der Waals surface area contributed by atoms with E-state index >= 15 is 0 Å². The lowest BCUT2D eigenvalue weighted by molar-refractivity contribution is -0.119. The van der Waals surface area contributed by atoms with Gasteiger partial charge in [0.05, 0.1) is 11.4 Å². The largest absolute Gasteiger partial charge is 0.290 e. The molecule has 9 heteroatoms. The Balaban J connectivity index is 1.40. The summed E-state index contributed by atoms with van der Waals surface area (Å²) in [6.07, 6.45) is 2.44. The van der Waals surface area contributed by atoms with Gasteiger partial charge in [-0.05, 0) is 67.8 Å². The average Bonchev–Trinajstić information content (AvgIpc) is 3.35. The van der Waals surface area contributed by atoms with Crippen LogP contribution < -0.4 is 10.9 Å². The number of nitrogens with zero attached hydrogens (tertiary/aromatic N) is 2. The van der Waals surface area contributed by atoms with Gasteiger partial charge in [-0.1, -0.05) is 11.6 Å². The second-order valence-corrected chi connectivity index (χ2v) is 8.25. The highest BCUT2D eigenvalue weighted by Gasteiger charge is 2.27. The first-order valence-electron chi connectivity index (χ1n) is 9.35. The lowest BCUT2D eigenvalue weighted by Gasteiger charge is -2.07. The molecule has 0 saturated carbocycles. The number of fused-ring (bicyclic) bond motifs is 1. The lowest BCUT2D eigenvalue weighted by atomic mass is 10.2. The number of aromatic nitrogens is 2. The zero-order chi connectivity index (χ0) is 21.1. The van der Waals surface area contributed by atoms with E-state index in [1.807, 2.05) is 12.1 Å². The maximum atomic E-state index is 13.2. The summed E-state index contributed by atoms with van der Waals surface area (Å²) >= 11 is 7.18. The molecule has 2 aromatic carbocycles. The molecule has 0 fully saturated rings. The van der Waals surface area contributed by atoms with Crippen molar-refractivity contribution in [3.63, 3.8) is 0 Å². The van der Waals surface area contributed by atoms with Gasteiger partial charge in [0.2, 0.25) is 5.91 Å². The molecule has 3 aromatic rings. The van der Waals surface area contributed by atoms with Gasteiger partial charge in [-0.25, -0.2) is 9.07 Å². The zero-order valence-corrected chi connectivity index (χ0v) is 17.4. The van der Waals surface area contributed by atoms with Crippen molar-refractivity contribution in [3.05, 3.63) is 76.3 Å². The predicted octanol–water partition coefficient (Wildman–Crippen LogP) is 3.71. The third kappa shape index (κ3) is 4.49. The second-order valence-electron chi connectivity index (χ2n) is 6.76. The van der Waals surface area contributed by atoms with Gasteiger partial charge in [0.1, 0.15) is 5.82 Å². The van der Waals surface area contributed by atoms with E-state index in [1.54, 1.807) is 28.9 Å². The number of hydrogen-bond acceptors (Lipinski definition) is 4.